The highest BCUT2D eigenvalue weighted by Gasteiger charge is 2.13. The first kappa shape index (κ1) is 15.4. The molecule has 4 heteroatoms. The van der Waals surface area contributed by atoms with Crippen molar-refractivity contribution in [2.24, 2.45) is 5.73 Å². The van der Waals surface area contributed by atoms with E-state index in [2.05, 4.69) is 42.3 Å². The van der Waals surface area contributed by atoms with E-state index < -0.39 is 0 Å². The molecule has 0 bridgehead atoms. The van der Waals surface area contributed by atoms with Gasteiger partial charge in [-0.25, -0.2) is 4.98 Å². The third-order valence-corrected chi connectivity index (χ3v) is 3.85. The van der Waals surface area contributed by atoms with E-state index in [4.69, 9.17) is 18.0 Å². The van der Waals surface area contributed by atoms with Crippen LogP contribution in [0, 0.1) is 6.92 Å². The zero-order valence-electron chi connectivity index (χ0n) is 12.7. The number of nitrogens with zero attached hydrogens (tertiary/aromatic N) is 1. The smallest absolute Gasteiger partial charge is 0.140 e. The van der Waals surface area contributed by atoms with Gasteiger partial charge in [0.25, 0.3) is 0 Å². The van der Waals surface area contributed by atoms with Crippen molar-refractivity contribution >= 4 is 28.7 Å². The van der Waals surface area contributed by atoms with Gasteiger partial charge < -0.3 is 11.1 Å². The Labute approximate surface area is 131 Å². The van der Waals surface area contributed by atoms with Crippen LogP contribution in [0.5, 0.6) is 0 Å². The van der Waals surface area contributed by atoms with Crippen molar-refractivity contribution in [3.05, 3.63) is 52.7 Å². The molecule has 2 rings (SSSR count). The molecule has 110 valence electrons. The largest absolute Gasteiger partial charge is 0.389 e. The predicted octanol–water partition coefficient (Wildman–Crippen LogP) is 3.89. The van der Waals surface area contributed by atoms with E-state index >= 15 is 0 Å². The Hall–Kier alpha value is -1.94. The van der Waals surface area contributed by atoms with E-state index in [9.17, 15) is 0 Å². The number of anilines is 2. The lowest BCUT2D eigenvalue weighted by atomic mass is 10.0. The monoisotopic (exact) mass is 299 g/mol. The number of pyridine rings is 1. The summed E-state index contributed by atoms with van der Waals surface area (Å²) in [7, 11) is 0. The van der Waals surface area contributed by atoms with Crippen LogP contribution in [0.15, 0.2) is 30.5 Å². The molecule has 0 saturated carbocycles. The van der Waals surface area contributed by atoms with Crippen molar-refractivity contribution in [2.75, 3.05) is 5.32 Å². The first-order valence-electron chi connectivity index (χ1n) is 7.21. The minimum absolute atomic E-state index is 0.370. The van der Waals surface area contributed by atoms with Gasteiger partial charge in [0, 0.05) is 11.9 Å². The topological polar surface area (TPSA) is 50.9 Å². The molecule has 0 unspecified atom stereocenters. The highest BCUT2D eigenvalue weighted by Crippen LogP contribution is 2.28. The van der Waals surface area contributed by atoms with Crippen LogP contribution in [0.1, 0.15) is 36.1 Å². The van der Waals surface area contributed by atoms with Gasteiger partial charge in [0.15, 0.2) is 0 Å². The van der Waals surface area contributed by atoms with Crippen LogP contribution in [0.2, 0.25) is 0 Å². The molecular formula is C17H21N3S. The van der Waals surface area contributed by atoms with Crippen molar-refractivity contribution in [1.82, 2.24) is 4.98 Å². The minimum Gasteiger partial charge on any atom is -0.389 e. The van der Waals surface area contributed by atoms with Gasteiger partial charge in [-0.1, -0.05) is 44.3 Å². The summed E-state index contributed by atoms with van der Waals surface area (Å²) >= 11 is 5.17. The van der Waals surface area contributed by atoms with Crippen LogP contribution in [-0.4, -0.2) is 9.97 Å². The summed E-state index contributed by atoms with van der Waals surface area (Å²) in [6.45, 7) is 6.30. The minimum atomic E-state index is 0.370. The number of nitrogens with two attached hydrogens (primary N) is 1. The summed E-state index contributed by atoms with van der Waals surface area (Å²) in [6.07, 6.45) is 3.70. The van der Waals surface area contributed by atoms with Crippen LogP contribution in [0.3, 0.4) is 0 Å². The lowest BCUT2D eigenvalue weighted by Gasteiger charge is -2.17. The second-order valence-electron chi connectivity index (χ2n) is 5.00. The maximum absolute atomic E-state index is 5.86. The Morgan fingerprint density at radius 3 is 2.33 bits per heavy atom. The SMILES string of the molecule is CCc1cccc(CC)c1Nc1nccc(C)c1C(N)=S. The average Bonchev–Trinajstić information content (AvgIpc) is 2.47. The molecule has 21 heavy (non-hydrogen) atoms. The van der Waals surface area contributed by atoms with Crippen LogP contribution in [-0.2, 0) is 12.8 Å². The Morgan fingerprint density at radius 2 is 1.81 bits per heavy atom. The molecule has 0 amide bonds. The molecule has 0 spiro atoms. The van der Waals surface area contributed by atoms with Crippen LogP contribution < -0.4 is 11.1 Å². The number of hydrogen-bond acceptors (Lipinski definition) is 3. The number of rotatable bonds is 5. The van der Waals surface area contributed by atoms with Gasteiger partial charge in [-0.2, -0.15) is 0 Å². The van der Waals surface area contributed by atoms with Gasteiger partial charge in [-0.15, -0.1) is 0 Å². The third kappa shape index (κ3) is 3.22. The lowest BCUT2D eigenvalue weighted by Crippen LogP contribution is -2.15. The molecule has 3 nitrogen and oxygen atoms in total. The zero-order chi connectivity index (χ0) is 15.4. The number of aryl methyl sites for hydroxylation is 3. The fraction of sp³-hybridized carbons (Fsp3) is 0.294. The number of aromatic nitrogens is 1. The summed E-state index contributed by atoms with van der Waals surface area (Å²) in [5.74, 6) is 0.734. The van der Waals surface area contributed by atoms with Crippen LogP contribution in [0.25, 0.3) is 0 Å². The molecule has 3 N–H and O–H groups in total. The Kier molecular flexibility index (Phi) is 4.91. The summed E-state index contributed by atoms with van der Waals surface area (Å²) in [6, 6.07) is 8.29. The molecule has 1 aromatic carbocycles. The van der Waals surface area contributed by atoms with Crippen molar-refractivity contribution < 1.29 is 0 Å². The molecule has 1 aromatic heterocycles. The van der Waals surface area contributed by atoms with E-state index in [0.29, 0.717) is 4.99 Å². The fourth-order valence-electron chi connectivity index (χ4n) is 2.49. The average molecular weight is 299 g/mol. The van der Waals surface area contributed by atoms with Crippen molar-refractivity contribution in [1.29, 1.82) is 0 Å². The van der Waals surface area contributed by atoms with E-state index in [1.807, 2.05) is 13.0 Å². The summed E-state index contributed by atoms with van der Waals surface area (Å²) in [5, 5.41) is 3.46. The van der Waals surface area contributed by atoms with E-state index in [1.54, 1.807) is 6.20 Å². The Morgan fingerprint density at radius 1 is 1.19 bits per heavy atom. The number of hydrogen-bond donors (Lipinski definition) is 2. The van der Waals surface area contributed by atoms with Gasteiger partial charge >= 0.3 is 0 Å². The Bertz CT molecular complexity index is 643. The maximum Gasteiger partial charge on any atom is 0.140 e. The number of thiocarbonyl (C=S) groups is 1. The fourth-order valence-corrected chi connectivity index (χ4v) is 2.74. The molecular weight excluding hydrogens is 278 g/mol. The van der Waals surface area contributed by atoms with E-state index in [-0.39, 0.29) is 0 Å². The normalized spacial score (nSPS) is 10.4. The Balaban J connectivity index is 2.53. The molecule has 0 aliphatic carbocycles. The highest BCUT2D eigenvalue weighted by atomic mass is 32.1. The molecule has 1 heterocycles. The molecule has 0 aliphatic rings. The van der Waals surface area contributed by atoms with Crippen LogP contribution in [0.4, 0.5) is 11.5 Å². The summed E-state index contributed by atoms with van der Waals surface area (Å²) in [4.78, 5) is 4.80. The van der Waals surface area contributed by atoms with E-state index in [0.717, 1.165) is 35.5 Å². The van der Waals surface area contributed by atoms with Crippen molar-refractivity contribution in [3.63, 3.8) is 0 Å². The molecule has 2 aromatic rings. The third-order valence-electron chi connectivity index (χ3n) is 3.65. The molecule has 0 fully saturated rings. The zero-order valence-corrected chi connectivity index (χ0v) is 13.6. The van der Waals surface area contributed by atoms with Gasteiger partial charge in [0.05, 0.1) is 5.56 Å². The molecule has 0 saturated heterocycles. The molecule has 0 atom stereocenters. The van der Waals surface area contributed by atoms with Crippen molar-refractivity contribution in [2.45, 2.75) is 33.6 Å². The number of benzene rings is 1. The standard InChI is InChI=1S/C17H21N3S/c1-4-12-7-6-8-13(5-2)15(12)20-17-14(16(18)21)11(3)9-10-19-17/h6-10H,4-5H2,1-3H3,(H2,18,21)(H,19,20). The van der Waals surface area contributed by atoms with Gasteiger partial charge in [0.2, 0.25) is 0 Å². The quantitative estimate of drug-likeness (QED) is 0.822. The van der Waals surface area contributed by atoms with E-state index in [1.165, 1.54) is 11.1 Å². The second-order valence-corrected chi connectivity index (χ2v) is 5.44. The number of para-hydroxylation sites is 1. The molecule has 0 radical (unpaired) electrons. The van der Waals surface area contributed by atoms with Gasteiger partial charge in [-0.3, -0.25) is 0 Å². The first-order valence-corrected chi connectivity index (χ1v) is 7.62. The number of nitrogens with one attached hydrogen (secondary N) is 1. The second kappa shape index (κ2) is 6.68. The summed E-state index contributed by atoms with van der Waals surface area (Å²) in [5.41, 5.74) is 11.4. The van der Waals surface area contributed by atoms with Crippen molar-refractivity contribution in [3.8, 4) is 0 Å². The summed E-state index contributed by atoms with van der Waals surface area (Å²) < 4.78 is 0. The molecule has 0 aliphatic heterocycles. The maximum atomic E-state index is 5.86. The predicted molar refractivity (Wildman–Crippen MR) is 93.3 cm³/mol. The van der Waals surface area contributed by atoms with Gasteiger partial charge in [0.1, 0.15) is 10.8 Å². The van der Waals surface area contributed by atoms with Gasteiger partial charge in [-0.05, 0) is 42.5 Å². The lowest BCUT2D eigenvalue weighted by molar-refractivity contribution is 1.08. The first-order chi connectivity index (χ1) is 10.1. The highest BCUT2D eigenvalue weighted by molar-refractivity contribution is 7.80. The van der Waals surface area contributed by atoms with Crippen LogP contribution >= 0.6 is 12.2 Å².